The molecular weight excluding hydrogens is 266 g/mol. The lowest BCUT2D eigenvalue weighted by Gasteiger charge is -1.95. The Hall–Kier alpha value is -2.90. The standard InChI is InChI=1S/C12H11N3O5/c1-3-18-7(2)13-4-10-14-8(5-19-10)11-15-9(6-20-11)12(16)17/h3,5-6H,1,4H2,2H3,(H,16,17). The van der Waals surface area contributed by atoms with Gasteiger partial charge < -0.3 is 18.7 Å². The van der Waals surface area contributed by atoms with Crippen LogP contribution in [0.2, 0.25) is 0 Å². The van der Waals surface area contributed by atoms with Gasteiger partial charge in [-0.25, -0.2) is 19.8 Å². The second kappa shape index (κ2) is 5.83. The van der Waals surface area contributed by atoms with Crippen molar-refractivity contribution in [2.45, 2.75) is 13.5 Å². The van der Waals surface area contributed by atoms with E-state index in [9.17, 15) is 4.79 Å². The van der Waals surface area contributed by atoms with E-state index >= 15 is 0 Å². The third-order valence-corrected chi connectivity index (χ3v) is 2.19. The Morgan fingerprint density at radius 1 is 1.50 bits per heavy atom. The van der Waals surface area contributed by atoms with Crippen molar-refractivity contribution >= 4 is 11.9 Å². The van der Waals surface area contributed by atoms with Crippen molar-refractivity contribution in [3.63, 3.8) is 0 Å². The Balaban J connectivity index is 2.10. The van der Waals surface area contributed by atoms with Gasteiger partial charge in [-0.05, 0) is 0 Å². The fraction of sp³-hybridized carbons (Fsp3) is 0.167. The van der Waals surface area contributed by atoms with Gasteiger partial charge in [0.05, 0.1) is 6.26 Å². The van der Waals surface area contributed by atoms with Gasteiger partial charge in [0.15, 0.2) is 17.3 Å². The molecular formula is C12H11N3O5. The summed E-state index contributed by atoms with van der Waals surface area (Å²) in [7, 11) is 0. The van der Waals surface area contributed by atoms with Gasteiger partial charge >= 0.3 is 5.97 Å². The first-order valence-corrected chi connectivity index (χ1v) is 5.52. The van der Waals surface area contributed by atoms with E-state index in [0.29, 0.717) is 17.5 Å². The first kappa shape index (κ1) is 13.5. The molecule has 2 rings (SSSR count). The minimum absolute atomic E-state index is 0.0699. The number of carboxylic acid groups (broad SMARTS) is 1. The molecule has 2 aromatic heterocycles. The number of hydrogen-bond acceptors (Lipinski definition) is 7. The van der Waals surface area contributed by atoms with Crippen LogP contribution in [0.4, 0.5) is 0 Å². The number of rotatable bonds is 5. The highest BCUT2D eigenvalue weighted by Crippen LogP contribution is 2.18. The molecule has 0 aromatic carbocycles. The van der Waals surface area contributed by atoms with Gasteiger partial charge in [-0.1, -0.05) is 6.58 Å². The molecule has 0 aliphatic carbocycles. The van der Waals surface area contributed by atoms with Crippen LogP contribution in [-0.4, -0.2) is 26.9 Å². The average Bonchev–Trinajstić information content (AvgIpc) is 3.05. The molecule has 0 amide bonds. The lowest BCUT2D eigenvalue weighted by Crippen LogP contribution is -1.95. The van der Waals surface area contributed by atoms with Crippen LogP contribution in [0, 0.1) is 0 Å². The molecule has 0 radical (unpaired) electrons. The number of hydrogen-bond donors (Lipinski definition) is 1. The van der Waals surface area contributed by atoms with E-state index < -0.39 is 5.97 Å². The van der Waals surface area contributed by atoms with Crippen LogP contribution in [0.3, 0.4) is 0 Å². The summed E-state index contributed by atoms with van der Waals surface area (Å²) >= 11 is 0. The molecule has 0 saturated carbocycles. The molecule has 104 valence electrons. The van der Waals surface area contributed by atoms with E-state index in [-0.39, 0.29) is 18.1 Å². The van der Waals surface area contributed by atoms with Crippen molar-refractivity contribution in [2.24, 2.45) is 4.99 Å². The summed E-state index contributed by atoms with van der Waals surface area (Å²) in [5.41, 5.74) is 0.0998. The van der Waals surface area contributed by atoms with Crippen molar-refractivity contribution in [3.05, 3.63) is 37.0 Å². The number of carboxylic acids is 1. The Morgan fingerprint density at radius 3 is 2.95 bits per heavy atom. The molecule has 0 fully saturated rings. The maximum absolute atomic E-state index is 10.7. The second-order valence-corrected chi connectivity index (χ2v) is 3.59. The average molecular weight is 277 g/mol. The van der Waals surface area contributed by atoms with Gasteiger partial charge in [0, 0.05) is 6.92 Å². The summed E-state index contributed by atoms with van der Waals surface area (Å²) in [6.45, 7) is 5.24. The number of ether oxygens (including phenoxy) is 1. The maximum atomic E-state index is 10.7. The molecule has 2 heterocycles. The molecule has 0 spiro atoms. The number of aromatic carboxylic acids is 1. The number of aromatic nitrogens is 2. The zero-order valence-corrected chi connectivity index (χ0v) is 10.6. The third kappa shape index (κ3) is 3.10. The number of nitrogens with zero attached hydrogens (tertiary/aromatic N) is 3. The summed E-state index contributed by atoms with van der Waals surface area (Å²) in [5, 5.41) is 8.74. The largest absolute Gasteiger partial charge is 0.476 e. The lowest BCUT2D eigenvalue weighted by atomic mass is 10.5. The van der Waals surface area contributed by atoms with E-state index in [4.69, 9.17) is 18.7 Å². The molecule has 8 heteroatoms. The summed E-state index contributed by atoms with van der Waals surface area (Å²) in [6.07, 6.45) is 3.61. The zero-order chi connectivity index (χ0) is 14.5. The van der Waals surface area contributed by atoms with Gasteiger partial charge in [0.2, 0.25) is 11.8 Å². The minimum atomic E-state index is -1.18. The highest BCUT2D eigenvalue weighted by atomic mass is 16.5. The van der Waals surface area contributed by atoms with Crippen LogP contribution in [0.1, 0.15) is 23.3 Å². The van der Waals surface area contributed by atoms with Gasteiger partial charge in [-0.15, -0.1) is 0 Å². The van der Waals surface area contributed by atoms with E-state index in [0.717, 1.165) is 6.26 Å². The molecule has 8 nitrogen and oxygen atoms in total. The van der Waals surface area contributed by atoms with E-state index in [1.165, 1.54) is 12.5 Å². The van der Waals surface area contributed by atoms with Crippen LogP contribution in [0.5, 0.6) is 0 Å². The fourth-order valence-electron chi connectivity index (χ4n) is 1.31. The van der Waals surface area contributed by atoms with Crippen molar-refractivity contribution < 1.29 is 23.5 Å². The number of aliphatic imine (C=N–C) groups is 1. The van der Waals surface area contributed by atoms with Gasteiger partial charge in [-0.2, -0.15) is 0 Å². The van der Waals surface area contributed by atoms with Crippen LogP contribution in [0.15, 0.2) is 39.2 Å². The molecule has 0 atom stereocenters. The molecule has 0 aliphatic heterocycles. The molecule has 1 N–H and O–H groups in total. The van der Waals surface area contributed by atoms with Gasteiger partial charge in [0.1, 0.15) is 19.1 Å². The monoisotopic (exact) mass is 277 g/mol. The van der Waals surface area contributed by atoms with Crippen LogP contribution < -0.4 is 0 Å². The Kier molecular flexibility index (Phi) is 3.94. The van der Waals surface area contributed by atoms with Crippen molar-refractivity contribution in [1.29, 1.82) is 0 Å². The summed E-state index contributed by atoms with van der Waals surface area (Å²) in [5.74, 6) is -0.364. The fourth-order valence-corrected chi connectivity index (χ4v) is 1.31. The number of carbonyl (C=O) groups is 1. The molecule has 0 aliphatic rings. The predicted octanol–water partition coefficient (Wildman–Crippen LogP) is 2.11. The van der Waals surface area contributed by atoms with Crippen molar-refractivity contribution in [1.82, 2.24) is 9.97 Å². The Morgan fingerprint density at radius 2 is 2.30 bits per heavy atom. The Labute approximate surface area is 113 Å². The minimum Gasteiger partial charge on any atom is -0.476 e. The van der Waals surface area contributed by atoms with Gasteiger partial charge in [0.25, 0.3) is 0 Å². The molecule has 0 saturated heterocycles. The summed E-state index contributed by atoms with van der Waals surface area (Å²) < 4.78 is 15.1. The lowest BCUT2D eigenvalue weighted by molar-refractivity contribution is 0.0690. The summed E-state index contributed by atoms with van der Waals surface area (Å²) in [6, 6.07) is 0. The first-order valence-electron chi connectivity index (χ1n) is 5.52. The first-order chi connectivity index (χ1) is 9.60. The molecule has 20 heavy (non-hydrogen) atoms. The molecule has 2 aromatic rings. The van der Waals surface area contributed by atoms with E-state index in [1.54, 1.807) is 6.92 Å². The second-order valence-electron chi connectivity index (χ2n) is 3.59. The SMILES string of the molecule is C=COC(C)=NCc1nc(-c2nc(C(=O)O)co2)co1. The highest BCUT2D eigenvalue weighted by molar-refractivity contribution is 5.85. The zero-order valence-electron chi connectivity index (χ0n) is 10.6. The van der Waals surface area contributed by atoms with Gasteiger partial charge in [-0.3, -0.25) is 0 Å². The highest BCUT2D eigenvalue weighted by Gasteiger charge is 2.15. The molecule has 0 unspecified atom stereocenters. The van der Waals surface area contributed by atoms with Crippen molar-refractivity contribution in [2.75, 3.05) is 0 Å². The predicted molar refractivity (Wildman–Crippen MR) is 67.1 cm³/mol. The summed E-state index contributed by atoms with van der Waals surface area (Å²) in [4.78, 5) is 22.6. The van der Waals surface area contributed by atoms with E-state index in [2.05, 4.69) is 21.5 Å². The van der Waals surface area contributed by atoms with Crippen LogP contribution >= 0.6 is 0 Å². The quantitative estimate of drug-likeness (QED) is 0.506. The number of oxazole rings is 2. The van der Waals surface area contributed by atoms with Crippen LogP contribution in [0.25, 0.3) is 11.6 Å². The topological polar surface area (TPSA) is 111 Å². The normalized spacial score (nSPS) is 11.3. The smallest absolute Gasteiger partial charge is 0.357 e. The Bertz CT molecular complexity index is 656. The van der Waals surface area contributed by atoms with Crippen LogP contribution in [-0.2, 0) is 11.3 Å². The third-order valence-electron chi connectivity index (χ3n) is 2.19. The maximum Gasteiger partial charge on any atom is 0.357 e. The van der Waals surface area contributed by atoms with E-state index in [1.807, 2.05) is 0 Å². The van der Waals surface area contributed by atoms with Crippen molar-refractivity contribution in [3.8, 4) is 11.6 Å². The molecule has 0 bridgehead atoms.